The van der Waals surface area contributed by atoms with Crippen LogP contribution < -0.4 is 0 Å². The van der Waals surface area contributed by atoms with E-state index in [1.165, 1.54) is 231 Å². The Hall–Kier alpha value is -2.63. The molecule has 6 nitrogen and oxygen atoms in total. The molecule has 1 atom stereocenters. The van der Waals surface area contributed by atoms with Crippen molar-refractivity contribution in [3.8, 4) is 0 Å². The average Bonchev–Trinajstić information content (AvgIpc) is 3.40. The maximum Gasteiger partial charge on any atom is 0.306 e. The van der Waals surface area contributed by atoms with Gasteiger partial charge in [-0.3, -0.25) is 14.4 Å². The maximum absolute atomic E-state index is 12.9. The summed E-state index contributed by atoms with van der Waals surface area (Å²) in [5.74, 6) is -0.861. The molecule has 74 heavy (non-hydrogen) atoms. The van der Waals surface area contributed by atoms with E-state index in [-0.39, 0.29) is 31.1 Å². The average molecular weight is 1040 g/mol. The third kappa shape index (κ3) is 60.2. The van der Waals surface area contributed by atoms with Crippen LogP contribution in [0.3, 0.4) is 0 Å². The van der Waals surface area contributed by atoms with Gasteiger partial charge in [0.15, 0.2) is 6.10 Å². The molecule has 0 aliphatic heterocycles. The second-order valence-corrected chi connectivity index (χ2v) is 22.0. The Morgan fingerprint density at radius 3 is 0.797 bits per heavy atom. The minimum Gasteiger partial charge on any atom is -0.462 e. The minimum atomic E-state index is -0.773. The van der Waals surface area contributed by atoms with Gasteiger partial charge in [0.2, 0.25) is 0 Å². The molecule has 0 heterocycles. The van der Waals surface area contributed by atoms with Crippen molar-refractivity contribution in [3.63, 3.8) is 0 Å². The summed E-state index contributed by atoms with van der Waals surface area (Å²) in [6.45, 7) is 6.64. The Balaban J connectivity index is 4.17. The Morgan fingerprint density at radius 2 is 0.486 bits per heavy atom. The second kappa shape index (κ2) is 62.9. The number of carbonyl (C=O) groups excluding carboxylic acids is 3. The first-order chi connectivity index (χ1) is 36.5. The van der Waals surface area contributed by atoms with Gasteiger partial charge in [0.05, 0.1) is 0 Å². The molecule has 0 rings (SSSR count). The Morgan fingerprint density at radius 1 is 0.270 bits per heavy atom. The molecule has 0 spiro atoms. The number of unbranched alkanes of at least 4 members (excludes halogenated alkanes) is 41. The number of hydrogen-bond donors (Lipinski definition) is 0. The lowest BCUT2D eigenvalue weighted by atomic mass is 10.0. The summed E-state index contributed by atoms with van der Waals surface area (Å²) in [6.07, 6.45) is 78.4. The predicted molar refractivity (Wildman–Crippen MR) is 321 cm³/mol. The first kappa shape index (κ1) is 71.4. The molecule has 0 aromatic heterocycles. The van der Waals surface area contributed by atoms with Gasteiger partial charge in [0.1, 0.15) is 13.2 Å². The van der Waals surface area contributed by atoms with E-state index in [1.54, 1.807) is 0 Å². The molecule has 432 valence electrons. The van der Waals surface area contributed by atoms with Crippen molar-refractivity contribution < 1.29 is 28.6 Å². The summed E-state index contributed by atoms with van der Waals surface area (Å²) in [5.41, 5.74) is 0. The first-order valence-electron chi connectivity index (χ1n) is 32.6. The number of carbonyl (C=O) groups is 3. The lowest BCUT2D eigenvalue weighted by Crippen LogP contribution is -2.30. The van der Waals surface area contributed by atoms with Crippen molar-refractivity contribution in [1.29, 1.82) is 0 Å². The van der Waals surface area contributed by atoms with Gasteiger partial charge in [-0.1, -0.05) is 294 Å². The summed E-state index contributed by atoms with van der Waals surface area (Å²) in [6, 6.07) is 0. The lowest BCUT2D eigenvalue weighted by molar-refractivity contribution is -0.167. The van der Waals surface area contributed by atoms with Crippen LogP contribution in [0.15, 0.2) is 48.6 Å². The lowest BCUT2D eigenvalue weighted by Gasteiger charge is -2.18. The van der Waals surface area contributed by atoms with Gasteiger partial charge in [-0.2, -0.15) is 0 Å². The zero-order valence-corrected chi connectivity index (χ0v) is 49.6. The molecular weight excluding hydrogens is 913 g/mol. The van der Waals surface area contributed by atoms with Crippen molar-refractivity contribution in [3.05, 3.63) is 48.6 Å². The van der Waals surface area contributed by atoms with Gasteiger partial charge in [-0.05, 0) is 83.5 Å². The van der Waals surface area contributed by atoms with Gasteiger partial charge in [-0.15, -0.1) is 0 Å². The number of allylic oxidation sites excluding steroid dienone is 8. The van der Waals surface area contributed by atoms with Crippen LogP contribution in [0.1, 0.15) is 348 Å². The Kier molecular flexibility index (Phi) is 60.7. The van der Waals surface area contributed by atoms with Gasteiger partial charge >= 0.3 is 17.9 Å². The van der Waals surface area contributed by atoms with E-state index in [0.717, 1.165) is 77.0 Å². The standard InChI is InChI=1S/C68H124O6/c1-4-7-10-13-16-19-22-25-27-28-29-30-31-32-33-34-35-36-37-38-39-40-42-43-46-49-52-55-58-61-67(70)73-64-65(63-72-66(69)60-57-54-51-48-45-24-21-18-15-12-9-6-3)74-68(71)62-59-56-53-50-47-44-41-26-23-20-17-14-11-8-5-2/h18,21-22,25,28-29,31-32,65H,4-17,19-20,23-24,26-27,30,33-64H2,1-3H3/b21-18-,25-22-,29-28-,32-31-. The van der Waals surface area contributed by atoms with Gasteiger partial charge in [0.25, 0.3) is 0 Å². The van der Waals surface area contributed by atoms with Crippen LogP contribution in [0.2, 0.25) is 0 Å². The van der Waals surface area contributed by atoms with E-state index in [1.807, 2.05) is 0 Å². The van der Waals surface area contributed by atoms with E-state index in [9.17, 15) is 14.4 Å². The van der Waals surface area contributed by atoms with Crippen LogP contribution >= 0.6 is 0 Å². The number of ether oxygens (including phenoxy) is 3. The van der Waals surface area contributed by atoms with Crippen molar-refractivity contribution in [2.75, 3.05) is 13.2 Å². The number of hydrogen-bond acceptors (Lipinski definition) is 6. The van der Waals surface area contributed by atoms with E-state index >= 15 is 0 Å². The molecule has 0 aliphatic rings. The molecule has 0 aromatic carbocycles. The normalized spacial score (nSPS) is 12.3. The van der Waals surface area contributed by atoms with Gasteiger partial charge < -0.3 is 14.2 Å². The topological polar surface area (TPSA) is 78.9 Å². The molecule has 0 radical (unpaired) electrons. The monoisotopic (exact) mass is 1040 g/mol. The molecule has 0 N–H and O–H groups in total. The SMILES string of the molecule is CCCCC/C=C\CCCCCCCC(=O)OCC(COC(=O)CCCCCCCCCCCCCCCC/C=C\C/C=C\C/C=C\CCCCCCC)OC(=O)CCCCCCCCCCCCCCCCC. The third-order valence-electron chi connectivity index (χ3n) is 14.6. The number of rotatable bonds is 60. The highest BCUT2D eigenvalue weighted by Crippen LogP contribution is 2.17. The molecule has 0 amide bonds. The fourth-order valence-corrected chi connectivity index (χ4v) is 9.62. The zero-order valence-electron chi connectivity index (χ0n) is 49.6. The van der Waals surface area contributed by atoms with Gasteiger partial charge in [0, 0.05) is 19.3 Å². The van der Waals surface area contributed by atoms with Crippen LogP contribution in [-0.4, -0.2) is 37.2 Å². The Labute approximate surface area is 460 Å². The molecule has 0 aliphatic carbocycles. The van der Waals surface area contributed by atoms with Crippen LogP contribution in [0.25, 0.3) is 0 Å². The molecule has 0 saturated carbocycles. The first-order valence-corrected chi connectivity index (χ1v) is 32.6. The quantitative estimate of drug-likeness (QED) is 0.0261. The highest BCUT2D eigenvalue weighted by atomic mass is 16.6. The second-order valence-electron chi connectivity index (χ2n) is 22.0. The van der Waals surface area contributed by atoms with Crippen LogP contribution in [-0.2, 0) is 28.6 Å². The minimum absolute atomic E-state index is 0.0718. The fourth-order valence-electron chi connectivity index (χ4n) is 9.62. The van der Waals surface area contributed by atoms with Crippen molar-refractivity contribution >= 4 is 17.9 Å². The van der Waals surface area contributed by atoms with Crippen LogP contribution in [0.5, 0.6) is 0 Å². The highest BCUT2D eigenvalue weighted by Gasteiger charge is 2.19. The molecule has 0 aromatic rings. The number of esters is 3. The van der Waals surface area contributed by atoms with E-state index in [0.29, 0.717) is 19.3 Å². The van der Waals surface area contributed by atoms with E-state index < -0.39 is 6.10 Å². The van der Waals surface area contributed by atoms with Crippen molar-refractivity contribution in [2.24, 2.45) is 0 Å². The smallest absolute Gasteiger partial charge is 0.306 e. The zero-order chi connectivity index (χ0) is 53.6. The summed E-state index contributed by atoms with van der Waals surface area (Å²) in [7, 11) is 0. The fraction of sp³-hybridized carbons (Fsp3) is 0.838. The van der Waals surface area contributed by atoms with E-state index in [4.69, 9.17) is 14.2 Å². The van der Waals surface area contributed by atoms with Gasteiger partial charge in [-0.25, -0.2) is 0 Å². The third-order valence-corrected chi connectivity index (χ3v) is 14.6. The van der Waals surface area contributed by atoms with Crippen molar-refractivity contribution in [1.82, 2.24) is 0 Å². The van der Waals surface area contributed by atoms with E-state index in [2.05, 4.69) is 69.4 Å². The molecular formula is C68H124O6. The Bertz CT molecular complexity index is 1280. The molecule has 0 fully saturated rings. The predicted octanol–water partition coefficient (Wildman–Crippen LogP) is 22.2. The summed E-state index contributed by atoms with van der Waals surface area (Å²) in [4.78, 5) is 38.2. The van der Waals surface area contributed by atoms with Crippen LogP contribution in [0, 0.1) is 0 Å². The molecule has 1 unspecified atom stereocenters. The summed E-state index contributed by atoms with van der Waals surface area (Å²) in [5, 5.41) is 0. The molecule has 0 saturated heterocycles. The van der Waals surface area contributed by atoms with Crippen LogP contribution in [0.4, 0.5) is 0 Å². The molecule has 0 bridgehead atoms. The summed E-state index contributed by atoms with van der Waals surface area (Å²) >= 11 is 0. The molecule has 6 heteroatoms. The van der Waals surface area contributed by atoms with Crippen molar-refractivity contribution in [2.45, 2.75) is 354 Å². The highest BCUT2D eigenvalue weighted by molar-refractivity contribution is 5.71. The maximum atomic E-state index is 12.9. The summed E-state index contributed by atoms with van der Waals surface area (Å²) < 4.78 is 16.9. The largest absolute Gasteiger partial charge is 0.462 e.